The number of rotatable bonds is 5. The van der Waals surface area contributed by atoms with E-state index in [1.54, 1.807) is 13.4 Å². The van der Waals surface area contributed by atoms with Crippen LogP contribution in [0.25, 0.3) is 21.8 Å². The maximum absolute atomic E-state index is 5.25. The topological polar surface area (TPSA) is 62.8 Å². The number of ether oxygens (including phenoxy) is 1. The Hall–Kier alpha value is -3.08. The minimum Gasteiger partial charge on any atom is -0.497 e. The summed E-state index contributed by atoms with van der Waals surface area (Å²) >= 11 is 0. The van der Waals surface area contributed by atoms with Gasteiger partial charge in [-0.3, -0.25) is 0 Å². The van der Waals surface area contributed by atoms with Gasteiger partial charge in [-0.1, -0.05) is 18.2 Å². The molecule has 4 aromatic rings. The first-order valence-corrected chi connectivity index (χ1v) is 7.93. The van der Waals surface area contributed by atoms with Crippen LogP contribution in [0.15, 0.2) is 55.0 Å². The van der Waals surface area contributed by atoms with Gasteiger partial charge in [0.15, 0.2) is 0 Å². The zero-order valence-corrected chi connectivity index (χ0v) is 13.4. The number of H-pyrrole nitrogens is 1. The lowest BCUT2D eigenvalue weighted by molar-refractivity contribution is 0.415. The summed E-state index contributed by atoms with van der Waals surface area (Å²) in [5.74, 6) is 1.65. The Bertz CT molecular complexity index is 993. The normalized spacial score (nSPS) is 11.0. The maximum Gasteiger partial charge on any atom is 0.137 e. The van der Waals surface area contributed by atoms with E-state index in [4.69, 9.17) is 4.74 Å². The summed E-state index contributed by atoms with van der Waals surface area (Å²) in [6, 6.07) is 14.2. The van der Waals surface area contributed by atoms with E-state index >= 15 is 0 Å². The molecule has 0 aliphatic carbocycles. The summed E-state index contributed by atoms with van der Waals surface area (Å²) in [5, 5.41) is 5.69. The smallest absolute Gasteiger partial charge is 0.137 e. The molecule has 0 fully saturated rings. The monoisotopic (exact) mass is 318 g/mol. The fourth-order valence-electron chi connectivity index (χ4n) is 2.96. The van der Waals surface area contributed by atoms with Crippen LogP contribution in [0, 0.1) is 0 Å². The highest BCUT2D eigenvalue weighted by Crippen LogP contribution is 2.24. The molecule has 120 valence electrons. The number of anilines is 1. The number of benzene rings is 2. The van der Waals surface area contributed by atoms with Gasteiger partial charge in [0.25, 0.3) is 0 Å². The molecule has 0 unspecified atom stereocenters. The molecule has 2 heterocycles. The van der Waals surface area contributed by atoms with Crippen molar-refractivity contribution in [3.8, 4) is 5.75 Å². The van der Waals surface area contributed by atoms with Crippen LogP contribution in [-0.4, -0.2) is 28.6 Å². The van der Waals surface area contributed by atoms with E-state index in [0.29, 0.717) is 0 Å². The molecule has 0 aliphatic heterocycles. The van der Waals surface area contributed by atoms with Gasteiger partial charge < -0.3 is 15.0 Å². The summed E-state index contributed by atoms with van der Waals surface area (Å²) in [5.41, 5.74) is 3.35. The van der Waals surface area contributed by atoms with Crippen LogP contribution >= 0.6 is 0 Å². The van der Waals surface area contributed by atoms with Crippen LogP contribution in [0.5, 0.6) is 5.75 Å². The zero-order chi connectivity index (χ0) is 16.4. The number of para-hydroxylation sites is 1. The van der Waals surface area contributed by atoms with Crippen LogP contribution in [0.1, 0.15) is 5.56 Å². The number of hydrogen-bond donors (Lipinski definition) is 2. The van der Waals surface area contributed by atoms with Crippen molar-refractivity contribution in [1.29, 1.82) is 0 Å². The molecule has 0 saturated carbocycles. The predicted octanol–water partition coefficient (Wildman–Crippen LogP) is 3.77. The first-order chi connectivity index (χ1) is 11.8. The maximum atomic E-state index is 5.25. The lowest BCUT2D eigenvalue weighted by Crippen LogP contribution is -2.07. The average Bonchev–Trinajstić information content (AvgIpc) is 3.05. The summed E-state index contributed by atoms with van der Waals surface area (Å²) in [6.45, 7) is 0.806. The molecule has 0 saturated heterocycles. The van der Waals surface area contributed by atoms with E-state index in [-0.39, 0.29) is 0 Å². The molecule has 0 radical (unpaired) electrons. The molecule has 5 nitrogen and oxygen atoms in total. The summed E-state index contributed by atoms with van der Waals surface area (Å²) in [7, 11) is 1.66. The first kappa shape index (κ1) is 14.5. The summed E-state index contributed by atoms with van der Waals surface area (Å²) in [6.07, 6.45) is 4.58. The van der Waals surface area contributed by atoms with Crippen molar-refractivity contribution < 1.29 is 4.74 Å². The molecule has 2 aromatic heterocycles. The standard InChI is InChI=1S/C19H18N4O/c1-24-14-6-7-16-18(10-14)22-12-23-19(16)20-9-8-13-11-21-17-5-3-2-4-15(13)17/h2-7,10-12,21H,8-9H2,1H3,(H,20,22,23). The van der Waals surface area contributed by atoms with E-state index < -0.39 is 0 Å². The molecule has 0 aliphatic rings. The number of aromatic amines is 1. The quantitative estimate of drug-likeness (QED) is 0.588. The van der Waals surface area contributed by atoms with Gasteiger partial charge in [-0.25, -0.2) is 9.97 Å². The lowest BCUT2D eigenvalue weighted by Gasteiger charge is -2.09. The predicted molar refractivity (Wildman–Crippen MR) is 96.6 cm³/mol. The second-order valence-corrected chi connectivity index (χ2v) is 5.64. The Balaban J connectivity index is 1.52. The molecule has 0 spiro atoms. The number of nitrogens with zero attached hydrogens (tertiary/aromatic N) is 2. The number of fused-ring (bicyclic) bond motifs is 2. The van der Waals surface area contributed by atoms with Crippen LogP contribution in [0.2, 0.25) is 0 Å². The van der Waals surface area contributed by atoms with Crippen molar-refractivity contribution in [2.45, 2.75) is 6.42 Å². The van der Waals surface area contributed by atoms with Crippen LogP contribution in [0.4, 0.5) is 5.82 Å². The SMILES string of the molecule is COc1ccc2c(NCCc3c[nH]c4ccccc34)ncnc2c1. The number of aromatic nitrogens is 3. The third kappa shape index (κ3) is 2.65. The van der Waals surface area contributed by atoms with Gasteiger partial charge in [0.05, 0.1) is 12.6 Å². The minimum absolute atomic E-state index is 0.797. The van der Waals surface area contributed by atoms with Crippen LogP contribution in [0.3, 0.4) is 0 Å². The highest BCUT2D eigenvalue weighted by atomic mass is 16.5. The molecule has 2 N–H and O–H groups in total. The van der Waals surface area contributed by atoms with E-state index in [9.17, 15) is 0 Å². The van der Waals surface area contributed by atoms with Crippen LogP contribution < -0.4 is 10.1 Å². The van der Waals surface area contributed by atoms with Gasteiger partial charge >= 0.3 is 0 Å². The number of nitrogens with one attached hydrogen (secondary N) is 2. The zero-order valence-electron chi connectivity index (χ0n) is 13.4. The third-order valence-corrected chi connectivity index (χ3v) is 4.21. The van der Waals surface area contributed by atoms with E-state index in [1.165, 1.54) is 16.5 Å². The van der Waals surface area contributed by atoms with Crippen molar-refractivity contribution in [3.05, 3.63) is 60.6 Å². The van der Waals surface area contributed by atoms with Gasteiger partial charge in [0.1, 0.15) is 17.9 Å². The molecule has 0 amide bonds. The van der Waals surface area contributed by atoms with Gasteiger partial charge in [-0.2, -0.15) is 0 Å². The average molecular weight is 318 g/mol. The lowest BCUT2D eigenvalue weighted by atomic mass is 10.1. The van der Waals surface area contributed by atoms with Crippen molar-refractivity contribution in [2.75, 3.05) is 19.0 Å². The van der Waals surface area contributed by atoms with Crippen LogP contribution in [-0.2, 0) is 6.42 Å². The number of methoxy groups -OCH3 is 1. The Morgan fingerprint density at radius 1 is 1.08 bits per heavy atom. The van der Waals surface area contributed by atoms with Gasteiger partial charge in [-0.15, -0.1) is 0 Å². The molecule has 2 aromatic carbocycles. The van der Waals surface area contributed by atoms with E-state index in [0.717, 1.165) is 35.4 Å². The van der Waals surface area contributed by atoms with Gasteiger partial charge in [0.2, 0.25) is 0 Å². The van der Waals surface area contributed by atoms with Crippen molar-refractivity contribution in [2.24, 2.45) is 0 Å². The van der Waals surface area contributed by atoms with Gasteiger partial charge in [-0.05, 0) is 30.2 Å². The van der Waals surface area contributed by atoms with Gasteiger partial charge in [0, 0.05) is 35.1 Å². The second kappa shape index (κ2) is 6.20. The Morgan fingerprint density at radius 2 is 2.00 bits per heavy atom. The van der Waals surface area contributed by atoms with Crippen molar-refractivity contribution >= 4 is 27.6 Å². The Kier molecular flexibility index (Phi) is 3.75. The fraction of sp³-hybridized carbons (Fsp3) is 0.158. The minimum atomic E-state index is 0.797. The largest absolute Gasteiger partial charge is 0.497 e. The Morgan fingerprint density at radius 3 is 2.92 bits per heavy atom. The molecule has 24 heavy (non-hydrogen) atoms. The second-order valence-electron chi connectivity index (χ2n) is 5.64. The van der Waals surface area contributed by atoms with Crippen molar-refractivity contribution in [3.63, 3.8) is 0 Å². The molecular formula is C19H18N4O. The molecule has 4 rings (SSSR count). The van der Waals surface area contributed by atoms with E-state index in [1.807, 2.05) is 24.3 Å². The number of hydrogen-bond acceptors (Lipinski definition) is 4. The molecule has 0 bridgehead atoms. The Labute approximate surface area is 139 Å². The fourth-order valence-corrected chi connectivity index (χ4v) is 2.96. The van der Waals surface area contributed by atoms with E-state index in [2.05, 4.69) is 44.7 Å². The molecular weight excluding hydrogens is 300 g/mol. The van der Waals surface area contributed by atoms with Crippen molar-refractivity contribution in [1.82, 2.24) is 15.0 Å². The summed E-state index contributed by atoms with van der Waals surface area (Å²) < 4.78 is 5.25. The molecule has 0 atom stereocenters. The highest BCUT2D eigenvalue weighted by molar-refractivity contribution is 5.89. The molecule has 5 heteroatoms. The third-order valence-electron chi connectivity index (χ3n) is 4.21. The summed E-state index contributed by atoms with van der Waals surface area (Å²) in [4.78, 5) is 12.0. The first-order valence-electron chi connectivity index (χ1n) is 7.93. The highest BCUT2D eigenvalue weighted by Gasteiger charge is 2.06.